The second kappa shape index (κ2) is 10.7. The number of carbonyl (C=O) groups is 4. The zero-order valence-electron chi connectivity index (χ0n) is 10.8. The summed E-state index contributed by atoms with van der Waals surface area (Å²) in [4.78, 5) is 40.3. The lowest BCUT2D eigenvalue weighted by molar-refractivity contribution is -0.138. The molecule has 0 saturated carbocycles. The quantitative estimate of drug-likeness (QED) is 0.276. The van der Waals surface area contributed by atoms with E-state index in [4.69, 9.17) is 33.1 Å². The molecule has 10 N–H and O–H groups in total. The molecule has 0 bridgehead atoms. The summed E-state index contributed by atoms with van der Waals surface area (Å²) < 4.78 is 0. The van der Waals surface area contributed by atoms with Crippen molar-refractivity contribution in [2.75, 3.05) is 0 Å². The van der Waals surface area contributed by atoms with Gasteiger partial charge in [-0.15, -0.1) is 0 Å². The first-order chi connectivity index (χ1) is 9.07. The van der Waals surface area contributed by atoms with Crippen molar-refractivity contribution in [3.63, 3.8) is 0 Å². The Morgan fingerprint density at radius 1 is 0.750 bits per heavy atom. The van der Waals surface area contributed by atoms with Gasteiger partial charge in [0.1, 0.15) is 0 Å². The fourth-order valence-corrected chi connectivity index (χ4v) is 0.842. The highest BCUT2D eigenvalue weighted by atomic mass is 16.4. The summed E-state index contributed by atoms with van der Waals surface area (Å²) in [7, 11) is 0. The second-order valence-electron chi connectivity index (χ2n) is 3.88. The van der Waals surface area contributed by atoms with Crippen molar-refractivity contribution in [2.24, 2.45) is 22.9 Å². The van der Waals surface area contributed by atoms with E-state index in [-0.39, 0.29) is 25.7 Å². The number of primary amides is 2. The molecule has 0 aliphatic carbocycles. The van der Waals surface area contributed by atoms with E-state index in [2.05, 4.69) is 0 Å². The monoisotopic (exact) mass is 292 g/mol. The van der Waals surface area contributed by atoms with Gasteiger partial charge in [-0.25, -0.2) is 0 Å². The van der Waals surface area contributed by atoms with Crippen LogP contribution in [-0.2, 0) is 19.2 Å². The molecule has 0 aliphatic heterocycles. The van der Waals surface area contributed by atoms with E-state index in [1.54, 1.807) is 0 Å². The highest BCUT2D eigenvalue weighted by molar-refractivity contribution is 5.80. The van der Waals surface area contributed by atoms with Crippen molar-refractivity contribution in [1.82, 2.24) is 0 Å². The van der Waals surface area contributed by atoms with Gasteiger partial charge in [-0.05, 0) is 12.8 Å². The first-order valence-corrected chi connectivity index (χ1v) is 5.61. The molecule has 20 heavy (non-hydrogen) atoms. The Labute approximate surface area is 115 Å². The number of aliphatic carboxylic acids is 2. The average molecular weight is 292 g/mol. The number of hydrogen-bond donors (Lipinski definition) is 6. The van der Waals surface area contributed by atoms with Crippen molar-refractivity contribution >= 4 is 23.8 Å². The van der Waals surface area contributed by atoms with Crippen molar-refractivity contribution in [3.05, 3.63) is 0 Å². The predicted molar refractivity (Wildman–Crippen MR) is 68.1 cm³/mol. The third kappa shape index (κ3) is 13.9. The summed E-state index contributed by atoms with van der Waals surface area (Å²) in [6, 6.07) is -1.67. The van der Waals surface area contributed by atoms with Gasteiger partial charge in [0.25, 0.3) is 0 Å². The van der Waals surface area contributed by atoms with Gasteiger partial charge >= 0.3 is 11.9 Å². The van der Waals surface area contributed by atoms with Gasteiger partial charge in [0.15, 0.2) is 0 Å². The van der Waals surface area contributed by atoms with Gasteiger partial charge in [0.05, 0.1) is 12.1 Å². The first kappa shape index (κ1) is 20.1. The van der Waals surface area contributed by atoms with Gasteiger partial charge in [-0.2, -0.15) is 0 Å². The number of carboxylic acid groups (broad SMARTS) is 2. The molecular formula is C10H20N4O6. The van der Waals surface area contributed by atoms with E-state index < -0.39 is 35.8 Å². The lowest BCUT2D eigenvalue weighted by atomic mass is 10.1. The molecule has 0 rings (SSSR count). The van der Waals surface area contributed by atoms with Gasteiger partial charge < -0.3 is 33.1 Å². The summed E-state index contributed by atoms with van der Waals surface area (Å²) in [5.41, 5.74) is 19.8. The Morgan fingerprint density at radius 3 is 1.15 bits per heavy atom. The number of amides is 2. The molecule has 0 unspecified atom stereocenters. The predicted octanol–water partition coefficient (Wildman–Crippen LogP) is -2.67. The molecule has 0 aromatic rings. The Balaban J connectivity index is 0. The van der Waals surface area contributed by atoms with Crippen LogP contribution in [0.15, 0.2) is 0 Å². The SMILES string of the molecule is NC(=O)[C@@H](N)CCC(=O)O.NC(=O)[C@@H](N)CCC(=O)O. The minimum atomic E-state index is -0.975. The van der Waals surface area contributed by atoms with Crippen LogP contribution < -0.4 is 22.9 Å². The van der Waals surface area contributed by atoms with Crippen LogP contribution in [0, 0.1) is 0 Å². The molecule has 2 amide bonds. The van der Waals surface area contributed by atoms with E-state index in [1.165, 1.54) is 0 Å². The molecule has 0 heterocycles. The van der Waals surface area contributed by atoms with E-state index in [9.17, 15) is 19.2 Å². The summed E-state index contributed by atoms with van der Waals surface area (Å²) in [5, 5.41) is 16.3. The van der Waals surface area contributed by atoms with Crippen molar-refractivity contribution in [1.29, 1.82) is 0 Å². The van der Waals surface area contributed by atoms with Crippen LogP contribution in [0.2, 0.25) is 0 Å². The molecule has 0 fully saturated rings. The van der Waals surface area contributed by atoms with E-state index in [1.807, 2.05) is 0 Å². The van der Waals surface area contributed by atoms with Gasteiger partial charge in [0.2, 0.25) is 11.8 Å². The number of carboxylic acids is 2. The van der Waals surface area contributed by atoms with Crippen LogP contribution in [0.1, 0.15) is 25.7 Å². The van der Waals surface area contributed by atoms with Crippen LogP contribution >= 0.6 is 0 Å². The molecule has 0 saturated heterocycles. The lowest BCUT2D eigenvalue weighted by Crippen LogP contribution is -2.36. The largest absolute Gasteiger partial charge is 0.481 e. The van der Waals surface area contributed by atoms with Crippen molar-refractivity contribution in [3.8, 4) is 0 Å². The molecule has 0 aliphatic rings. The molecule has 10 nitrogen and oxygen atoms in total. The maximum atomic E-state index is 10.2. The molecule has 10 heteroatoms. The third-order valence-electron chi connectivity index (χ3n) is 2.07. The Kier molecular flexibility index (Phi) is 10.8. The molecule has 116 valence electrons. The van der Waals surface area contributed by atoms with E-state index in [0.717, 1.165) is 0 Å². The van der Waals surface area contributed by atoms with Crippen LogP contribution in [0.3, 0.4) is 0 Å². The number of rotatable bonds is 8. The summed E-state index contributed by atoms with van der Waals surface area (Å²) in [6.07, 6.45) is -0.0381. The second-order valence-corrected chi connectivity index (χ2v) is 3.88. The number of carbonyl (C=O) groups excluding carboxylic acids is 2. The molecule has 0 radical (unpaired) electrons. The minimum absolute atomic E-state index is 0.102. The standard InChI is InChI=1S/2C5H10N2O3/c2*6-3(5(7)10)1-2-4(8)9/h2*3H,1-2,6H2,(H2,7,10)(H,8,9)/t2*3-/m00/s1. The number of nitrogens with two attached hydrogens (primary N) is 4. The molecule has 2 atom stereocenters. The van der Waals surface area contributed by atoms with Crippen molar-refractivity contribution < 1.29 is 29.4 Å². The van der Waals surface area contributed by atoms with Gasteiger partial charge in [-0.1, -0.05) is 0 Å². The molecule has 0 aromatic carbocycles. The summed E-state index contributed by atoms with van der Waals surface area (Å²) in [6.45, 7) is 0. The van der Waals surface area contributed by atoms with E-state index >= 15 is 0 Å². The third-order valence-corrected chi connectivity index (χ3v) is 2.07. The maximum absolute atomic E-state index is 10.2. The highest BCUT2D eigenvalue weighted by Gasteiger charge is 2.10. The maximum Gasteiger partial charge on any atom is 0.303 e. The van der Waals surface area contributed by atoms with Crippen LogP contribution in [0.5, 0.6) is 0 Å². The fraction of sp³-hybridized carbons (Fsp3) is 0.600. The highest BCUT2D eigenvalue weighted by Crippen LogP contribution is 1.93. The molecule has 0 aromatic heterocycles. The van der Waals surface area contributed by atoms with Gasteiger partial charge in [-0.3, -0.25) is 19.2 Å². The Bertz CT molecular complexity index is 326. The van der Waals surface area contributed by atoms with Gasteiger partial charge in [0, 0.05) is 12.8 Å². The van der Waals surface area contributed by atoms with Crippen molar-refractivity contribution in [2.45, 2.75) is 37.8 Å². The fourth-order valence-electron chi connectivity index (χ4n) is 0.842. The van der Waals surface area contributed by atoms with E-state index in [0.29, 0.717) is 0 Å². The molecule has 0 spiro atoms. The van der Waals surface area contributed by atoms with Crippen LogP contribution in [0.4, 0.5) is 0 Å². The first-order valence-electron chi connectivity index (χ1n) is 5.61. The minimum Gasteiger partial charge on any atom is -0.481 e. The smallest absolute Gasteiger partial charge is 0.303 e. The average Bonchev–Trinajstić information content (AvgIpc) is 2.33. The Morgan fingerprint density at radius 2 is 1.00 bits per heavy atom. The van der Waals surface area contributed by atoms with Crippen LogP contribution in [0.25, 0.3) is 0 Å². The zero-order valence-corrected chi connectivity index (χ0v) is 10.8. The Hall–Kier alpha value is -2.20. The normalized spacial score (nSPS) is 12.5. The zero-order chi connectivity index (χ0) is 16.3. The number of hydrogen-bond acceptors (Lipinski definition) is 6. The topological polar surface area (TPSA) is 213 Å². The summed E-state index contributed by atoms with van der Waals surface area (Å²) in [5.74, 6) is -3.28. The summed E-state index contributed by atoms with van der Waals surface area (Å²) >= 11 is 0. The molecular weight excluding hydrogens is 272 g/mol. The lowest BCUT2D eigenvalue weighted by Gasteiger charge is -2.02. The van der Waals surface area contributed by atoms with Crippen LogP contribution in [-0.4, -0.2) is 46.0 Å².